The van der Waals surface area contributed by atoms with Crippen molar-refractivity contribution in [3.63, 3.8) is 0 Å². The van der Waals surface area contributed by atoms with Crippen molar-refractivity contribution in [2.24, 2.45) is 28.8 Å². The van der Waals surface area contributed by atoms with Crippen LogP contribution < -0.4 is 15.9 Å². The van der Waals surface area contributed by atoms with Crippen LogP contribution in [0, 0.1) is 23.7 Å². The molecule has 3 amide bonds. The summed E-state index contributed by atoms with van der Waals surface area (Å²) in [4.78, 5) is 41.7. The Hall–Kier alpha value is -1.80. The second kappa shape index (κ2) is 19.1. The van der Waals surface area contributed by atoms with E-state index in [1.807, 2.05) is 20.8 Å². The van der Waals surface area contributed by atoms with Crippen LogP contribution in [0.3, 0.4) is 0 Å². The number of aliphatic hydroxyl groups excluding tert-OH is 2. The molecule has 2 aliphatic carbocycles. The number of unbranched alkanes of at least 4 members (excludes halogenated alkanes) is 1. The van der Waals surface area contributed by atoms with Gasteiger partial charge < -0.3 is 20.4 Å². The SMILES string of the molecule is CCCCN(CC(O)C(CC1CCC(O)CC1)NC(=O)C1CC(C(=O)N(CCC)CCC)CC(S(N)(=O)=O)C1)NC(=O)C(C)C. The molecule has 0 aromatic heterocycles. The highest BCUT2D eigenvalue weighted by atomic mass is 32.2. The summed E-state index contributed by atoms with van der Waals surface area (Å²) in [5, 5.41) is 30.9. The number of nitrogens with one attached hydrogen (secondary N) is 2. The predicted molar refractivity (Wildman–Crippen MR) is 175 cm³/mol. The van der Waals surface area contributed by atoms with Crippen molar-refractivity contribution >= 4 is 27.7 Å². The molecule has 0 heterocycles. The number of primary sulfonamides is 1. The topological polar surface area (TPSA) is 182 Å². The molecule has 0 aromatic rings. The standard InChI is InChI=1S/C32H61N5O7S/c1-6-9-16-37(35-30(40)22(4)5)21-29(39)28(17-23-10-12-26(38)13-11-23)34-31(41)24-18-25(20-27(19-24)45(33,43)44)32(42)36(14-7-2)15-8-3/h22-29,38-39H,6-21H2,1-5H3,(H,34,41)(H,35,40)(H2,33,43,44). The Balaban J connectivity index is 2.29. The van der Waals surface area contributed by atoms with Crippen LogP contribution in [-0.4, -0.2) is 95.9 Å². The molecule has 2 saturated carbocycles. The molecule has 2 aliphatic rings. The first-order chi connectivity index (χ1) is 21.2. The van der Waals surface area contributed by atoms with Gasteiger partial charge in [-0.25, -0.2) is 18.6 Å². The van der Waals surface area contributed by atoms with Crippen LogP contribution in [0.15, 0.2) is 0 Å². The fraction of sp³-hybridized carbons (Fsp3) is 0.906. The van der Waals surface area contributed by atoms with Crippen LogP contribution in [0.25, 0.3) is 0 Å². The van der Waals surface area contributed by atoms with E-state index >= 15 is 0 Å². The zero-order valence-corrected chi connectivity index (χ0v) is 29.1. The average Bonchev–Trinajstić information content (AvgIpc) is 2.99. The minimum absolute atomic E-state index is 0.0154. The molecule has 0 radical (unpaired) electrons. The van der Waals surface area contributed by atoms with Crippen molar-refractivity contribution in [2.75, 3.05) is 26.2 Å². The number of nitrogens with zero attached hydrogens (tertiary/aromatic N) is 2. The number of aliphatic hydroxyl groups is 2. The molecule has 45 heavy (non-hydrogen) atoms. The summed E-state index contributed by atoms with van der Waals surface area (Å²) in [7, 11) is -4.00. The summed E-state index contributed by atoms with van der Waals surface area (Å²) in [6.07, 6.45) is 5.52. The Kier molecular flexibility index (Phi) is 16.7. The number of hydrogen-bond acceptors (Lipinski definition) is 8. The highest BCUT2D eigenvalue weighted by Crippen LogP contribution is 2.35. The quantitative estimate of drug-likeness (QED) is 0.139. The van der Waals surface area contributed by atoms with Gasteiger partial charge in [-0.1, -0.05) is 41.0 Å². The zero-order chi connectivity index (χ0) is 33.7. The molecule has 0 aliphatic heterocycles. The molecular weight excluding hydrogens is 598 g/mol. The molecule has 6 N–H and O–H groups in total. The number of hydrogen-bond donors (Lipinski definition) is 5. The number of carbonyl (C=O) groups is 3. The van der Waals surface area contributed by atoms with Gasteiger partial charge in [-0.3, -0.25) is 19.8 Å². The molecule has 12 nitrogen and oxygen atoms in total. The maximum atomic E-state index is 13.9. The van der Waals surface area contributed by atoms with Gasteiger partial charge in [0, 0.05) is 43.9 Å². The van der Waals surface area contributed by atoms with Gasteiger partial charge in [0.1, 0.15) is 0 Å². The fourth-order valence-electron chi connectivity index (χ4n) is 6.61. The van der Waals surface area contributed by atoms with Crippen LogP contribution in [0.2, 0.25) is 0 Å². The number of hydrazine groups is 1. The monoisotopic (exact) mass is 659 g/mol. The molecular formula is C32H61N5O7S. The van der Waals surface area contributed by atoms with E-state index < -0.39 is 45.2 Å². The summed E-state index contributed by atoms with van der Waals surface area (Å²) in [5.74, 6) is -2.17. The number of carbonyl (C=O) groups excluding carboxylic acids is 3. The van der Waals surface area contributed by atoms with E-state index in [4.69, 9.17) is 5.14 Å². The molecule has 2 fully saturated rings. The van der Waals surface area contributed by atoms with Gasteiger partial charge in [0.05, 0.1) is 23.5 Å². The average molecular weight is 660 g/mol. The lowest BCUT2D eigenvalue weighted by atomic mass is 9.79. The Bertz CT molecular complexity index is 1030. The number of amides is 3. The van der Waals surface area contributed by atoms with E-state index in [9.17, 15) is 33.0 Å². The molecule has 2 rings (SSSR count). The lowest BCUT2D eigenvalue weighted by Crippen LogP contribution is -2.55. The first-order valence-corrected chi connectivity index (χ1v) is 18.8. The van der Waals surface area contributed by atoms with Gasteiger partial charge in [-0.2, -0.15) is 0 Å². The summed E-state index contributed by atoms with van der Waals surface area (Å²) < 4.78 is 25.1. The van der Waals surface area contributed by atoms with Crippen molar-refractivity contribution in [1.29, 1.82) is 0 Å². The number of rotatable bonds is 18. The lowest BCUT2D eigenvalue weighted by Gasteiger charge is -2.37. The minimum atomic E-state index is -4.00. The summed E-state index contributed by atoms with van der Waals surface area (Å²) >= 11 is 0. The van der Waals surface area contributed by atoms with E-state index in [1.165, 1.54) is 0 Å². The van der Waals surface area contributed by atoms with Crippen molar-refractivity contribution in [3.05, 3.63) is 0 Å². The van der Waals surface area contributed by atoms with Crippen LogP contribution in [0.4, 0.5) is 0 Å². The molecule has 0 bridgehead atoms. The van der Waals surface area contributed by atoms with Crippen LogP contribution in [0.1, 0.15) is 112 Å². The van der Waals surface area contributed by atoms with Crippen molar-refractivity contribution in [3.8, 4) is 0 Å². The molecule has 13 heteroatoms. The van der Waals surface area contributed by atoms with E-state index in [2.05, 4.69) is 10.7 Å². The Morgan fingerprint density at radius 1 is 0.911 bits per heavy atom. The van der Waals surface area contributed by atoms with Gasteiger partial charge in [-0.15, -0.1) is 0 Å². The van der Waals surface area contributed by atoms with Gasteiger partial charge in [0.25, 0.3) is 0 Å². The summed E-state index contributed by atoms with van der Waals surface area (Å²) in [5.41, 5.74) is 2.90. The van der Waals surface area contributed by atoms with E-state index in [1.54, 1.807) is 23.8 Å². The zero-order valence-electron chi connectivity index (χ0n) is 28.2. The highest BCUT2D eigenvalue weighted by Gasteiger charge is 2.42. The smallest absolute Gasteiger partial charge is 0.236 e. The van der Waals surface area contributed by atoms with Crippen molar-refractivity contribution in [2.45, 2.75) is 135 Å². The lowest BCUT2D eigenvalue weighted by molar-refractivity contribution is -0.139. The third-order valence-corrected chi connectivity index (χ3v) is 10.6. The Labute approximate surface area is 271 Å². The predicted octanol–water partition coefficient (Wildman–Crippen LogP) is 2.28. The number of sulfonamides is 1. The molecule has 262 valence electrons. The van der Waals surface area contributed by atoms with Crippen molar-refractivity contribution < 1.29 is 33.0 Å². The maximum Gasteiger partial charge on any atom is 0.236 e. The Morgan fingerprint density at radius 3 is 2.04 bits per heavy atom. The molecule has 0 saturated heterocycles. The minimum Gasteiger partial charge on any atom is -0.393 e. The van der Waals surface area contributed by atoms with Crippen LogP contribution in [-0.2, 0) is 24.4 Å². The van der Waals surface area contributed by atoms with Crippen molar-refractivity contribution in [1.82, 2.24) is 20.7 Å². The van der Waals surface area contributed by atoms with E-state index in [-0.39, 0.29) is 55.6 Å². The normalized spacial score (nSPS) is 25.5. The molecule has 0 spiro atoms. The fourth-order valence-corrected chi connectivity index (χ4v) is 7.61. The Morgan fingerprint density at radius 2 is 1.51 bits per heavy atom. The van der Waals surface area contributed by atoms with E-state index in [0.717, 1.165) is 38.5 Å². The molecule has 5 atom stereocenters. The first kappa shape index (κ1) is 39.4. The van der Waals surface area contributed by atoms with Crippen LogP contribution >= 0.6 is 0 Å². The van der Waals surface area contributed by atoms with Gasteiger partial charge >= 0.3 is 0 Å². The second-order valence-corrected chi connectivity index (χ2v) is 15.5. The summed E-state index contributed by atoms with van der Waals surface area (Å²) in [6.45, 7) is 11.4. The first-order valence-electron chi connectivity index (χ1n) is 17.2. The highest BCUT2D eigenvalue weighted by molar-refractivity contribution is 7.89. The molecule has 0 aromatic carbocycles. The van der Waals surface area contributed by atoms with Crippen LogP contribution in [0.5, 0.6) is 0 Å². The van der Waals surface area contributed by atoms with Gasteiger partial charge in [0.2, 0.25) is 27.7 Å². The second-order valence-electron chi connectivity index (χ2n) is 13.7. The largest absolute Gasteiger partial charge is 0.393 e. The van der Waals surface area contributed by atoms with Gasteiger partial charge in [0.15, 0.2) is 0 Å². The third kappa shape index (κ3) is 13.1. The molecule has 5 unspecified atom stereocenters. The third-order valence-electron chi connectivity index (χ3n) is 9.32. The van der Waals surface area contributed by atoms with Gasteiger partial charge in [-0.05, 0) is 76.5 Å². The van der Waals surface area contributed by atoms with E-state index in [0.29, 0.717) is 38.9 Å². The maximum absolute atomic E-state index is 13.9. The summed E-state index contributed by atoms with van der Waals surface area (Å²) in [6, 6.07) is -0.668. The number of nitrogens with two attached hydrogens (primary N) is 1.